The summed E-state index contributed by atoms with van der Waals surface area (Å²) >= 11 is 0. The lowest BCUT2D eigenvalue weighted by molar-refractivity contribution is -0.135. The largest absolute Gasteiger partial charge is 0.402 e. The summed E-state index contributed by atoms with van der Waals surface area (Å²) < 4.78 is 60.4. The summed E-state index contributed by atoms with van der Waals surface area (Å²) in [6, 6.07) is 0. The van der Waals surface area contributed by atoms with E-state index in [1.54, 1.807) is 0 Å². The summed E-state index contributed by atoms with van der Waals surface area (Å²) in [5, 5.41) is 0. The van der Waals surface area contributed by atoms with Crippen molar-refractivity contribution in [3.63, 3.8) is 0 Å². The predicted octanol–water partition coefficient (Wildman–Crippen LogP) is 0.0001000. The molecule has 94 valence electrons. The van der Waals surface area contributed by atoms with Crippen LogP contribution in [0.2, 0.25) is 0 Å². The van der Waals surface area contributed by atoms with E-state index in [9.17, 15) is 26.4 Å². The van der Waals surface area contributed by atoms with Crippen molar-refractivity contribution < 1.29 is 26.4 Å². The van der Waals surface area contributed by atoms with Crippen LogP contribution in [0, 0.1) is 0 Å². The number of aldehydes is 1. The standard InChI is InChI=1S/C7H11F3N2O3S/c8-7(9,10)6-12-4-3-11(2-1-5-13)16(12,14)15/h5H,1-4,6H2. The summed E-state index contributed by atoms with van der Waals surface area (Å²) in [5.41, 5.74) is 0. The van der Waals surface area contributed by atoms with Crippen LogP contribution in [0.1, 0.15) is 6.42 Å². The Morgan fingerprint density at radius 2 is 1.75 bits per heavy atom. The molecule has 16 heavy (non-hydrogen) atoms. The molecule has 0 bridgehead atoms. The molecule has 0 amide bonds. The van der Waals surface area contributed by atoms with Crippen molar-refractivity contribution in [1.29, 1.82) is 0 Å². The molecule has 0 unspecified atom stereocenters. The van der Waals surface area contributed by atoms with E-state index >= 15 is 0 Å². The van der Waals surface area contributed by atoms with Gasteiger partial charge in [0.2, 0.25) is 0 Å². The molecule has 0 radical (unpaired) electrons. The maximum atomic E-state index is 12.0. The van der Waals surface area contributed by atoms with Gasteiger partial charge < -0.3 is 4.79 Å². The Kier molecular flexibility index (Phi) is 3.92. The Hall–Kier alpha value is -0.670. The quantitative estimate of drug-likeness (QED) is 0.668. The Morgan fingerprint density at radius 1 is 1.19 bits per heavy atom. The Morgan fingerprint density at radius 3 is 2.25 bits per heavy atom. The van der Waals surface area contributed by atoms with Crippen molar-refractivity contribution in [3.05, 3.63) is 0 Å². The fourth-order valence-corrected chi connectivity index (χ4v) is 3.00. The monoisotopic (exact) mass is 260 g/mol. The number of rotatable bonds is 4. The minimum absolute atomic E-state index is 0.00769. The summed E-state index contributed by atoms with van der Waals surface area (Å²) in [7, 11) is -4.05. The molecule has 1 rings (SSSR count). The molecule has 0 aromatic heterocycles. The number of hydrogen-bond donors (Lipinski definition) is 0. The van der Waals surface area contributed by atoms with E-state index in [0.29, 0.717) is 10.6 Å². The third-order valence-corrected chi connectivity index (χ3v) is 4.09. The lowest BCUT2D eigenvalue weighted by Gasteiger charge is -2.18. The van der Waals surface area contributed by atoms with Gasteiger partial charge in [0.05, 0.1) is 0 Å². The van der Waals surface area contributed by atoms with Crippen LogP contribution in [0.3, 0.4) is 0 Å². The fourth-order valence-electron chi connectivity index (χ4n) is 1.40. The van der Waals surface area contributed by atoms with E-state index < -0.39 is 22.9 Å². The van der Waals surface area contributed by atoms with Gasteiger partial charge in [0.25, 0.3) is 10.2 Å². The molecule has 1 heterocycles. The zero-order valence-electron chi connectivity index (χ0n) is 8.27. The summed E-state index contributed by atoms with van der Waals surface area (Å²) in [4.78, 5) is 10.1. The van der Waals surface area contributed by atoms with Gasteiger partial charge in [-0.15, -0.1) is 0 Å². The van der Waals surface area contributed by atoms with Crippen molar-refractivity contribution in [2.75, 3.05) is 26.2 Å². The highest BCUT2D eigenvalue weighted by Crippen LogP contribution is 2.23. The molecule has 0 N–H and O–H groups in total. The van der Waals surface area contributed by atoms with Crippen LogP contribution in [0.5, 0.6) is 0 Å². The van der Waals surface area contributed by atoms with Crippen LogP contribution >= 0.6 is 0 Å². The minimum atomic E-state index is -4.55. The highest BCUT2D eigenvalue weighted by atomic mass is 32.2. The van der Waals surface area contributed by atoms with Gasteiger partial charge in [-0.2, -0.15) is 30.2 Å². The highest BCUT2D eigenvalue weighted by molar-refractivity contribution is 7.87. The zero-order chi connectivity index (χ0) is 12.4. The predicted molar refractivity (Wildman–Crippen MR) is 48.8 cm³/mol. The van der Waals surface area contributed by atoms with Gasteiger partial charge in [-0.25, -0.2) is 0 Å². The average molecular weight is 260 g/mol. The molecule has 0 saturated carbocycles. The first-order valence-corrected chi connectivity index (χ1v) is 5.92. The summed E-state index contributed by atoms with van der Waals surface area (Å²) in [6.07, 6.45) is -4.03. The Bertz CT molecular complexity index is 354. The number of hydrogen-bond acceptors (Lipinski definition) is 3. The topological polar surface area (TPSA) is 57.7 Å². The summed E-state index contributed by atoms with van der Waals surface area (Å²) in [6.45, 7) is -1.75. The molecule has 9 heteroatoms. The van der Waals surface area contributed by atoms with E-state index in [1.807, 2.05) is 0 Å². The molecule has 0 aromatic rings. The molecule has 0 aromatic carbocycles. The van der Waals surface area contributed by atoms with E-state index in [0.717, 1.165) is 4.31 Å². The van der Waals surface area contributed by atoms with Gasteiger partial charge in [0.15, 0.2) is 0 Å². The lowest BCUT2D eigenvalue weighted by Crippen LogP contribution is -2.39. The number of halogens is 3. The van der Waals surface area contributed by atoms with E-state index in [1.165, 1.54) is 0 Å². The molecule has 1 aliphatic heterocycles. The van der Waals surface area contributed by atoms with Crippen molar-refractivity contribution in [2.45, 2.75) is 12.6 Å². The van der Waals surface area contributed by atoms with Crippen molar-refractivity contribution in [1.82, 2.24) is 8.61 Å². The van der Waals surface area contributed by atoms with Gasteiger partial charge in [-0.1, -0.05) is 0 Å². The Balaban J connectivity index is 2.69. The van der Waals surface area contributed by atoms with E-state index in [-0.39, 0.29) is 26.1 Å². The van der Waals surface area contributed by atoms with Crippen LogP contribution in [0.4, 0.5) is 13.2 Å². The molecule has 1 fully saturated rings. The van der Waals surface area contributed by atoms with Crippen LogP contribution < -0.4 is 0 Å². The number of nitrogens with zero attached hydrogens (tertiary/aromatic N) is 2. The van der Waals surface area contributed by atoms with Crippen molar-refractivity contribution in [3.8, 4) is 0 Å². The minimum Gasteiger partial charge on any atom is -0.303 e. The highest BCUT2D eigenvalue weighted by Gasteiger charge is 2.42. The second-order valence-electron chi connectivity index (χ2n) is 3.31. The molecular formula is C7H11F3N2O3S. The maximum absolute atomic E-state index is 12.0. The van der Waals surface area contributed by atoms with Crippen LogP contribution in [0.15, 0.2) is 0 Å². The number of carbonyl (C=O) groups excluding carboxylic acids is 1. The van der Waals surface area contributed by atoms with Gasteiger partial charge in [-0.05, 0) is 0 Å². The van der Waals surface area contributed by atoms with E-state index in [2.05, 4.69) is 0 Å². The number of alkyl halides is 3. The third-order valence-electron chi connectivity index (χ3n) is 2.10. The normalized spacial score (nSPS) is 22.4. The first-order chi connectivity index (χ1) is 7.27. The molecular weight excluding hydrogens is 249 g/mol. The number of carbonyl (C=O) groups is 1. The molecule has 5 nitrogen and oxygen atoms in total. The second kappa shape index (κ2) is 4.68. The fraction of sp³-hybridized carbons (Fsp3) is 0.857. The van der Waals surface area contributed by atoms with Gasteiger partial charge in [0, 0.05) is 26.1 Å². The second-order valence-corrected chi connectivity index (χ2v) is 5.24. The first kappa shape index (κ1) is 13.4. The molecule has 0 spiro atoms. The molecule has 0 atom stereocenters. The Labute approximate surface area is 91.0 Å². The zero-order valence-corrected chi connectivity index (χ0v) is 9.09. The van der Waals surface area contributed by atoms with Crippen LogP contribution in [-0.4, -0.2) is 55.7 Å². The maximum Gasteiger partial charge on any atom is 0.402 e. The third kappa shape index (κ3) is 3.16. The SMILES string of the molecule is O=CCCN1CCN(CC(F)(F)F)S1(=O)=O. The lowest BCUT2D eigenvalue weighted by atomic mass is 10.4. The van der Waals surface area contributed by atoms with Crippen LogP contribution in [0.25, 0.3) is 0 Å². The average Bonchev–Trinajstić information content (AvgIpc) is 2.37. The first-order valence-electron chi connectivity index (χ1n) is 4.53. The van der Waals surface area contributed by atoms with Crippen molar-refractivity contribution >= 4 is 16.5 Å². The molecule has 0 aliphatic carbocycles. The van der Waals surface area contributed by atoms with E-state index in [4.69, 9.17) is 0 Å². The smallest absolute Gasteiger partial charge is 0.303 e. The van der Waals surface area contributed by atoms with Gasteiger partial charge in [0.1, 0.15) is 12.8 Å². The molecule has 1 saturated heterocycles. The van der Waals surface area contributed by atoms with Crippen LogP contribution in [-0.2, 0) is 15.0 Å². The van der Waals surface area contributed by atoms with Crippen molar-refractivity contribution in [2.24, 2.45) is 0 Å². The van der Waals surface area contributed by atoms with Gasteiger partial charge in [-0.3, -0.25) is 0 Å². The summed E-state index contributed by atoms with van der Waals surface area (Å²) in [5.74, 6) is 0. The molecule has 1 aliphatic rings. The van der Waals surface area contributed by atoms with Gasteiger partial charge >= 0.3 is 6.18 Å².